The van der Waals surface area contributed by atoms with Crippen molar-refractivity contribution >= 4 is 32.9 Å². The van der Waals surface area contributed by atoms with Crippen LogP contribution in [0, 0.1) is 5.82 Å². The van der Waals surface area contributed by atoms with Gasteiger partial charge in [0.1, 0.15) is 11.6 Å². The van der Waals surface area contributed by atoms with Gasteiger partial charge in [0.2, 0.25) is 0 Å². The van der Waals surface area contributed by atoms with E-state index in [0.29, 0.717) is 23.1 Å². The standard InChI is InChI=1S/C19H17BrFN3O/c20-15-8-7-13(21)10-14(15)19(25)24-9-3-4-12(11-24)18-22-16-5-1-2-6-17(16)23-18/h1-2,5-8,10,12H,3-4,9,11H2,(H,22,23)/t12-/m0/s1. The molecule has 1 N–H and O–H groups in total. The van der Waals surface area contributed by atoms with Crippen LogP contribution in [-0.4, -0.2) is 33.9 Å². The minimum Gasteiger partial charge on any atom is -0.342 e. The van der Waals surface area contributed by atoms with Crippen LogP contribution in [0.3, 0.4) is 0 Å². The minimum absolute atomic E-state index is 0.146. The summed E-state index contributed by atoms with van der Waals surface area (Å²) in [6.07, 6.45) is 1.88. The van der Waals surface area contributed by atoms with E-state index in [2.05, 4.69) is 25.9 Å². The van der Waals surface area contributed by atoms with Crippen LogP contribution in [0.5, 0.6) is 0 Å². The van der Waals surface area contributed by atoms with Crippen LogP contribution in [0.25, 0.3) is 11.0 Å². The fourth-order valence-electron chi connectivity index (χ4n) is 3.38. The fraction of sp³-hybridized carbons (Fsp3) is 0.263. The minimum atomic E-state index is -0.405. The van der Waals surface area contributed by atoms with Crippen molar-refractivity contribution in [2.45, 2.75) is 18.8 Å². The third-order valence-electron chi connectivity index (χ3n) is 4.66. The van der Waals surface area contributed by atoms with Gasteiger partial charge in [0.15, 0.2) is 0 Å². The SMILES string of the molecule is O=C(c1cc(F)ccc1Br)N1CCC[C@H](c2nc3ccccc3[nH]2)C1. The monoisotopic (exact) mass is 401 g/mol. The summed E-state index contributed by atoms with van der Waals surface area (Å²) >= 11 is 3.35. The number of benzene rings is 2. The highest BCUT2D eigenvalue weighted by Crippen LogP contribution is 2.29. The first-order valence-corrected chi connectivity index (χ1v) is 9.10. The molecule has 6 heteroatoms. The number of halogens is 2. The summed E-state index contributed by atoms with van der Waals surface area (Å²) in [7, 11) is 0. The lowest BCUT2D eigenvalue weighted by Crippen LogP contribution is -2.39. The molecular formula is C19H17BrFN3O. The van der Waals surface area contributed by atoms with Crippen LogP contribution in [0.15, 0.2) is 46.9 Å². The number of aromatic amines is 1. The van der Waals surface area contributed by atoms with Gasteiger partial charge < -0.3 is 9.88 Å². The van der Waals surface area contributed by atoms with Crippen molar-refractivity contribution in [3.05, 3.63) is 64.1 Å². The summed E-state index contributed by atoms with van der Waals surface area (Å²) in [5, 5.41) is 0. The van der Waals surface area contributed by atoms with E-state index >= 15 is 0 Å². The highest BCUT2D eigenvalue weighted by atomic mass is 79.9. The van der Waals surface area contributed by atoms with Gasteiger partial charge in [0, 0.05) is 23.5 Å². The van der Waals surface area contributed by atoms with Gasteiger partial charge in [-0.2, -0.15) is 0 Å². The van der Waals surface area contributed by atoms with Gasteiger partial charge >= 0.3 is 0 Å². The highest BCUT2D eigenvalue weighted by Gasteiger charge is 2.28. The summed E-state index contributed by atoms with van der Waals surface area (Å²) in [5.41, 5.74) is 2.31. The Hall–Kier alpha value is -2.21. The van der Waals surface area contributed by atoms with E-state index in [1.54, 1.807) is 11.0 Å². The molecule has 1 saturated heterocycles. The summed E-state index contributed by atoms with van der Waals surface area (Å²) in [4.78, 5) is 22.7. The van der Waals surface area contributed by atoms with Gasteiger partial charge in [-0.3, -0.25) is 4.79 Å². The third-order valence-corrected chi connectivity index (χ3v) is 5.35. The molecule has 0 spiro atoms. The molecule has 3 aromatic rings. The Bertz CT molecular complexity index is 906. The van der Waals surface area contributed by atoms with E-state index in [-0.39, 0.29) is 11.8 Å². The number of fused-ring (bicyclic) bond motifs is 1. The van der Waals surface area contributed by atoms with Gasteiger partial charge in [0.25, 0.3) is 5.91 Å². The molecule has 25 heavy (non-hydrogen) atoms. The van der Waals surface area contributed by atoms with E-state index in [9.17, 15) is 9.18 Å². The maximum absolute atomic E-state index is 13.5. The number of imidazole rings is 1. The quantitative estimate of drug-likeness (QED) is 0.687. The number of amides is 1. The number of para-hydroxylation sites is 2. The van der Waals surface area contributed by atoms with Crippen LogP contribution < -0.4 is 0 Å². The van der Waals surface area contributed by atoms with Crippen molar-refractivity contribution in [1.29, 1.82) is 0 Å². The molecule has 4 rings (SSSR count). The fourth-order valence-corrected chi connectivity index (χ4v) is 3.80. The number of carbonyl (C=O) groups is 1. The topological polar surface area (TPSA) is 49.0 Å². The number of hydrogen-bond acceptors (Lipinski definition) is 2. The first-order valence-electron chi connectivity index (χ1n) is 8.31. The van der Waals surface area contributed by atoms with Crippen LogP contribution in [0.1, 0.15) is 34.9 Å². The molecule has 2 heterocycles. The molecule has 2 aromatic carbocycles. The molecular weight excluding hydrogens is 385 g/mol. The van der Waals surface area contributed by atoms with Crippen molar-refractivity contribution < 1.29 is 9.18 Å². The number of hydrogen-bond donors (Lipinski definition) is 1. The maximum atomic E-state index is 13.5. The summed E-state index contributed by atoms with van der Waals surface area (Å²) in [6, 6.07) is 12.1. The normalized spacial score (nSPS) is 17.8. The molecule has 1 aromatic heterocycles. The highest BCUT2D eigenvalue weighted by molar-refractivity contribution is 9.10. The number of H-pyrrole nitrogens is 1. The zero-order chi connectivity index (χ0) is 17.4. The average molecular weight is 402 g/mol. The lowest BCUT2D eigenvalue weighted by molar-refractivity contribution is 0.0703. The Morgan fingerprint density at radius 3 is 2.96 bits per heavy atom. The van der Waals surface area contributed by atoms with Gasteiger partial charge in [-0.25, -0.2) is 9.37 Å². The van der Waals surface area contributed by atoms with Crippen molar-refractivity contribution in [3.63, 3.8) is 0 Å². The van der Waals surface area contributed by atoms with Crippen molar-refractivity contribution in [1.82, 2.24) is 14.9 Å². The van der Waals surface area contributed by atoms with E-state index < -0.39 is 5.82 Å². The summed E-state index contributed by atoms with van der Waals surface area (Å²) in [5.74, 6) is 0.527. The molecule has 128 valence electrons. The molecule has 1 amide bonds. The Kier molecular flexibility index (Phi) is 4.29. The van der Waals surface area contributed by atoms with Gasteiger partial charge in [0.05, 0.1) is 16.6 Å². The van der Waals surface area contributed by atoms with E-state index in [4.69, 9.17) is 0 Å². The van der Waals surface area contributed by atoms with Gasteiger partial charge in [-0.1, -0.05) is 12.1 Å². The Morgan fingerprint density at radius 2 is 2.12 bits per heavy atom. The lowest BCUT2D eigenvalue weighted by Gasteiger charge is -2.32. The molecule has 0 radical (unpaired) electrons. The number of likely N-dealkylation sites (tertiary alicyclic amines) is 1. The maximum Gasteiger partial charge on any atom is 0.255 e. The molecule has 0 bridgehead atoms. The molecule has 0 unspecified atom stereocenters. The van der Waals surface area contributed by atoms with Crippen LogP contribution in [-0.2, 0) is 0 Å². The molecule has 0 aliphatic carbocycles. The van der Waals surface area contributed by atoms with E-state index in [1.807, 2.05) is 24.3 Å². The van der Waals surface area contributed by atoms with Crippen molar-refractivity contribution in [3.8, 4) is 0 Å². The van der Waals surface area contributed by atoms with Crippen molar-refractivity contribution in [2.24, 2.45) is 0 Å². The number of rotatable bonds is 2. The molecule has 0 saturated carbocycles. The average Bonchev–Trinajstić information content (AvgIpc) is 3.07. The third kappa shape index (κ3) is 3.18. The Labute approximate surface area is 153 Å². The molecule has 1 aliphatic heterocycles. The number of piperidine rings is 1. The predicted octanol–water partition coefficient (Wildman–Crippen LogP) is 4.48. The number of aromatic nitrogens is 2. The van der Waals surface area contributed by atoms with Crippen molar-refractivity contribution in [2.75, 3.05) is 13.1 Å². The molecule has 1 atom stereocenters. The first kappa shape index (κ1) is 16.3. The molecule has 4 nitrogen and oxygen atoms in total. The smallest absolute Gasteiger partial charge is 0.255 e. The first-order chi connectivity index (χ1) is 12.1. The number of nitrogens with one attached hydrogen (secondary N) is 1. The zero-order valence-corrected chi connectivity index (χ0v) is 15.1. The second-order valence-corrected chi connectivity index (χ2v) is 7.21. The van der Waals surface area contributed by atoms with Gasteiger partial charge in [-0.05, 0) is 59.1 Å². The molecule has 1 fully saturated rings. The largest absolute Gasteiger partial charge is 0.342 e. The summed E-state index contributed by atoms with van der Waals surface area (Å²) in [6.45, 7) is 1.26. The van der Waals surface area contributed by atoms with Gasteiger partial charge in [-0.15, -0.1) is 0 Å². The predicted molar refractivity (Wildman–Crippen MR) is 98.1 cm³/mol. The lowest BCUT2D eigenvalue weighted by atomic mass is 9.96. The molecule has 1 aliphatic rings. The zero-order valence-electron chi connectivity index (χ0n) is 13.5. The van der Waals surface area contributed by atoms with Crippen LogP contribution >= 0.6 is 15.9 Å². The number of carbonyl (C=O) groups excluding carboxylic acids is 1. The Morgan fingerprint density at radius 1 is 1.28 bits per heavy atom. The van der Waals surface area contributed by atoms with Crippen LogP contribution in [0.4, 0.5) is 4.39 Å². The summed E-state index contributed by atoms with van der Waals surface area (Å²) < 4.78 is 14.1. The second-order valence-electron chi connectivity index (χ2n) is 6.35. The second kappa shape index (κ2) is 6.59. The number of nitrogens with zero attached hydrogens (tertiary/aromatic N) is 2. The van der Waals surface area contributed by atoms with E-state index in [1.165, 1.54) is 12.1 Å². The Balaban J connectivity index is 1.58. The van der Waals surface area contributed by atoms with Crippen LogP contribution in [0.2, 0.25) is 0 Å². The van der Waals surface area contributed by atoms with E-state index in [0.717, 1.165) is 29.7 Å².